The zero-order chi connectivity index (χ0) is 14.5. The third kappa shape index (κ3) is 5.17. The molecule has 0 radical (unpaired) electrons. The summed E-state index contributed by atoms with van der Waals surface area (Å²) < 4.78 is 25.3. The van der Waals surface area contributed by atoms with E-state index in [2.05, 4.69) is 15.1 Å². The number of aryl methyl sites for hydroxylation is 1. The summed E-state index contributed by atoms with van der Waals surface area (Å²) in [6.45, 7) is 2.96. The predicted molar refractivity (Wildman–Crippen MR) is 75.1 cm³/mol. The second-order valence-electron chi connectivity index (χ2n) is 3.99. The van der Waals surface area contributed by atoms with Crippen LogP contribution in [0.4, 0.5) is 5.69 Å². The van der Waals surface area contributed by atoms with Crippen LogP contribution in [0, 0.1) is 0 Å². The van der Waals surface area contributed by atoms with E-state index in [4.69, 9.17) is 11.6 Å². The lowest BCUT2D eigenvalue weighted by molar-refractivity contribution is 0.568. The number of halogens is 1. The molecular weight excluding hydrogens is 292 g/mol. The maximum atomic E-state index is 11.8. The Morgan fingerprint density at radius 1 is 1.42 bits per heavy atom. The zero-order valence-corrected chi connectivity index (χ0v) is 12.4. The first-order chi connectivity index (χ1) is 8.85. The number of rotatable bonds is 7. The topological polar surface area (TPSA) is 93.1 Å². The number of aromatic nitrogens is 2. The lowest BCUT2D eigenvalue weighted by atomic mass is 10.4. The molecule has 0 atom stereocenters. The average Bonchev–Trinajstić information content (AvgIpc) is 2.32. The molecule has 108 valence electrons. The number of hydrogen-bond donors (Lipinski definition) is 2. The van der Waals surface area contributed by atoms with Crippen LogP contribution in [0.3, 0.4) is 0 Å². The van der Waals surface area contributed by atoms with Gasteiger partial charge in [0.25, 0.3) is 5.56 Å². The molecule has 19 heavy (non-hydrogen) atoms. The summed E-state index contributed by atoms with van der Waals surface area (Å²) in [4.78, 5) is 11.8. The van der Waals surface area contributed by atoms with Gasteiger partial charge in [0.15, 0.2) is 0 Å². The van der Waals surface area contributed by atoms with Crippen molar-refractivity contribution in [2.75, 3.05) is 24.7 Å². The maximum absolute atomic E-state index is 11.8. The smallest absolute Gasteiger partial charge is 0.287 e. The highest BCUT2D eigenvalue weighted by molar-refractivity contribution is 7.88. The van der Waals surface area contributed by atoms with Gasteiger partial charge in [-0.05, 0) is 6.42 Å². The molecule has 0 aliphatic heterocycles. The van der Waals surface area contributed by atoms with Crippen molar-refractivity contribution in [3.63, 3.8) is 0 Å². The van der Waals surface area contributed by atoms with Gasteiger partial charge in [0, 0.05) is 19.6 Å². The van der Waals surface area contributed by atoms with E-state index in [9.17, 15) is 13.2 Å². The molecule has 0 spiro atoms. The molecule has 0 aliphatic rings. The minimum Gasteiger partial charge on any atom is -0.381 e. The maximum Gasteiger partial charge on any atom is 0.287 e. The molecule has 1 aromatic heterocycles. The average molecular weight is 309 g/mol. The Morgan fingerprint density at radius 3 is 2.68 bits per heavy atom. The molecular formula is C10H17ClN4O3S. The molecule has 0 bridgehead atoms. The lowest BCUT2D eigenvalue weighted by Crippen LogP contribution is -2.29. The van der Waals surface area contributed by atoms with E-state index in [1.54, 1.807) is 0 Å². The highest BCUT2D eigenvalue weighted by atomic mass is 35.5. The van der Waals surface area contributed by atoms with Gasteiger partial charge in [-0.1, -0.05) is 18.5 Å². The van der Waals surface area contributed by atoms with E-state index < -0.39 is 10.0 Å². The Morgan fingerprint density at radius 2 is 2.11 bits per heavy atom. The quantitative estimate of drug-likeness (QED) is 0.705. The second-order valence-corrected chi connectivity index (χ2v) is 6.20. The van der Waals surface area contributed by atoms with Crippen LogP contribution in [0.25, 0.3) is 0 Å². The van der Waals surface area contributed by atoms with Crippen LogP contribution in [0.2, 0.25) is 5.02 Å². The van der Waals surface area contributed by atoms with E-state index in [1.807, 2.05) is 6.92 Å². The lowest BCUT2D eigenvalue weighted by Gasteiger charge is -2.09. The Labute approximate surface area is 117 Å². The molecule has 1 heterocycles. The summed E-state index contributed by atoms with van der Waals surface area (Å²) >= 11 is 5.93. The highest BCUT2D eigenvalue weighted by Gasteiger charge is 2.08. The first-order valence-electron chi connectivity index (χ1n) is 5.79. The third-order valence-electron chi connectivity index (χ3n) is 2.22. The summed E-state index contributed by atoms with van der Waals surface area (Å²) in [5.41, 5.74) is 0.0407. The Bertz CT molecular complexity index is 585. The molecule has 0 fully saturated rings. The Hall–Kier alpha value is -1.12. The van der Waals surface area contributed by atoms with Gasteiger partial charge in [0.05, 0.1) is 18.1 Å². The Balaban J connectivity index is 2.65. The van der Waals surface area contributed by atoms with Gasteiger partial charge in [-0.2, -0.15) is 5.10 Å². The molecule has 1 rings (SSSR count). The number of nitrogens with zero attached hydrogens (tertiary/aromatic N) is 2. The summed E-state index contributed by atoms with van der Waals surface area (Å²) in [6.07, 6.45) is 3.32. The van der Waals surface area contributed by atoms with Crippen molar-refractivity contribution in [2.24, 2.45) is 0 Å². The van der Waals surface area contributed by atoms with Gasteiger partial charge in [-0.15, -0.1) is 0 Å². The van der Waals surface area contributed by atoms with Gasteiger partial charge < -0.3 is 5.32 Å². The van der Waals surface area contributed by atoms with Crippen molar-refractivity contribution >= 4 is 27.3 Å². The van der Waals surface area contributed by atoms with Crippen LogP contribution in [-0.2, 0) is 16.6 Å². The van der Waals surface area contributed by atoms with Gasteiger partial charge in [0.1, 0.15) is 5.02 Å². The standard InChI is InChI=1S/C10H17ClN4O3S/c1-3-6-15-10(16)9(11)8(7-13-15)12-4-5-14-19(2,17)18/h7,12,14H,3-6H2,1-2H3. The van der Waals surface area contributed by atoms with Crippen LogP contribution in [0.15, 0.2) is 11.0 Å². The Kier molecular flexibility index (Phi) is 5.77. The molecule has 0 saturated carbocycles. The van der Waals surface area contributed by atoms with E-state index in [0.717, 1.165) is 12.7 Å². The summed E-state index contributed by atoms with van der Waals surface area (Å²) in [5, 5.41) is 6.89. The van der Waals surface area contributed by atoms with Crippen molar-refractivity contribution in [2.45, 2.75) is 19.9 Å². The first kappa shape index (κ1) is 15.9. The molecule has 0 aliphatic carbocycles. The molecule has 0 amide bonds. The highest BCUT2D eigenvalue weighted by Crippen LogP contribution is 2.14. The van der Waals surface area contributed by atoms with Crippen molar-refractivity contribution in [1.29, 1.82) is 0 Å². The van der Waals surface area contributed by atoms with E-state index >= 15 is 0 Å². The van der Waals surface area contributed by atoms with Crippen LogP contribution >= 0.6 is 11.6 Å². The van der Waals surface area contributed by atoms with Gasteiger partial charge >= 0.3 is 0 Å². The van der Waals surface area contributed by atoms with Crippen LogP contribution in [0.5, 0.6) is 0 Å². The van der Waals surface area contributed by atoms with Crippen LogP contribution in [0.1, 0.15) is 13.3 Å². The van der Waals surface area contributed by atoms with E-state index in [0.29, 0.717) is 18.8 Å². The van der Waals surface area contributed by atoms with Crippen LogP contribution < -0.4 is 15.6 Å². The third-order valence-corrected chi connectivity index (χ3v) is 3.32. The number of sulfonamides is 1. The molecule has 1 aromatic rings. The summed E-state index contributed by atoms with van der Waals surface area (Å²) in [6, 6.07) is 0. The summed E-state index contributed by atoms with van der Waals surface area (Å²) in [7, 11) is -3.22. The minimum atomic E-state index is -3.22. The molecule has 2 N–H and O–H groups in total. The first-order valence-corrected chi connectivity index (χ1v) is 8.06. The SMILES string of the molecule is CCCn1ncc(NCCNS(C)(=O)=O)c(Cl)c1=O. The monoisotopic (exact) mass is 308 g/mol. The second kappa shape index (κ2) is 6.88. The van der Waals surface area contributed by atoms with Gasteiger partial charge in [-0.3, -0.25) is 4.79 Å². The minimum absolute atomic E-state index is 0.0582. The fourth-order valence-corrected chi connectivity index (χ4v) is 2.08. The van der Waals surface area contributed by atoms with Crippen molar-refractivity contribution < 1.29 is 8.42 Å². The fraction of sp³-hybridized carbons (Fsp3) is 0.600. The van der Waals surface area contributed by atoms with Crippen LogP contribution in [-0.4, -0.2) is 37.5 Å². The fourth-order valence-electron chi connectivity index (χ4n) is 1.39. The number of anilines is 1. The normalized spacial score (nSPS) is 11.5. The molecule has 0 saturated heterocycles. The molecule has 0 unspecified atom stereocenters. The molecule has 9 heteroatoms. The van der Waals surface area contributed by atoms with Crippen molar-refractivity contribution in [3.8, 4) is 0 Å². The van der Waals surface area contributed by atoms with E-state index in [-0.39, 0.29) is 17.1 Å². The molecule has 7 nitrogen and oxygen atoms in total. The van der Waals surface area contributed by atoms with Gasteiger partial charge in [-0.25, -0.2) is 17.8 Å². The van der Waals surface area contributed by atoms with Gasteiger partial charge in [0.2, 0.25) is 10.0 Å². The molecule has 0 aromatic carbocycles. The van der Waals surface area contributed by atoms with Crippen molar-refractivity contribution in [3.05, 3.63) is 21.6 Å². The predicted octanol–water partition coefficient (Wildman–Crippen LogP) is 0.268. The number of nitrogens with one attached hydrogen (secondary N) is 2. The number of hydrogen-bond acceptors (Lipinski definition) is 5. The zero-order valence-electron chi connectivity index (χ0n) is 10.8. The van der Waals surface area contributed by atoms with Crippen molar-refractivity contribution in [1.82, 2.24) is 14.5 Å². The van der Waals surface area contributed by atoms with E-state index in [1.165, 1.54) is 10.9 Å². The largest absolute Gasteiger partial charge is 0.381 e. The summed E-state index contributed by atoms with van der Waals surface area (Å²) in [5.74, 6) is 0.